The molecule has 21 heavy (non-hydrogen) atoms. The number of rotatable bonds is 3. The molecule has 0 saturated carbocycles. The van der Waals surface area contributed by atoms with Crippen LogP contribution in [0.15, 0.2) is 46.9 Å². The van der Waals surface area contributed by atoms with Gasteiger partial charge in [-0.2, -0.15) is 0 Å². The standard InChI is InChI=1S/C18H20BrNO/c1-18(2,13-6-4-3-5-7-13)17(20)15-11-14(19)10-12-8-9-21-16(12)15/h3-7,10-11,17H,8-9,20H2,1-2H3. The van der Waals surface area contributed by atoms with Gasteiger partial charge in [0.15, 0.2) is 0 Å². The molecule has 1 heterocycles. The zero-order valence-electron chi connectivity index (χ0n) is 12.4. The lowest BCUT2D eigenvalue weighted by Crippen LogP contribution is -2.33. The zero-order chi connectivity index (χ0) is 15.0. The minimum Gasteiger partial charge on any atom is -0.493 e. The lowest BCUT2D eigenvalue weighted by molar-refractivity contribution is 0.340. The second-order valence-electron chi connectivity index (χ2n) is 6.15. The molecule has 0 saturated heterocycles. The van der Waals surface area contributed by atoms with Crippen molar-refractivity contribution in [1.29, 1.82) is 0 Å². The molecule has 0 amide bonds. The summed E-state index contributed by atoms with van der Waals surface area (Å²) in [6.07, 6.45) is 0.959. The van der Waals surface area contributed by atoms with Crippen molar-refractivity contribution in [3.8, 4) is 5.75 Å². The topological polar surface area (TPSA) is 35.2 Å². The van der Waals surface area contributed by atoms with Gasteiger partial charge in [-0.3, -0.25) is 0 Å². The van der Waals surface area contributed by atoms with Crippen LogP contribution in [0.25, 0.3) is 0 Å². The van der Waals surface area contributed by atoms with E-state index in [2.05, 4.69) is 66.2 Å². The fourth-order valence-electron chi connectivity index (χ4n) is 2.96. The van der Waals surface area contributed by atoms with E-state index in [4.69, 9.17) is 10.5 Å². The third-order valence-corrected chi connectivity index (χ3v) is 4.87. The van der Waals surface area contributed by atoms with Crippen LogP contribution in [0, 0.1) is 0 Å². The molecule has 0 spiro atoms. The van der Waals surface area contributed by atoms with E-state index in [9.17, 15) is 0 Å². The Balaban J connectivity index is 2.05. The Morgan fingerprint density at radius 2 is 1.90 bits per heavy atom. The van der Waals surface area contributed by atoms with E-state index in [0.717, 1.165) is 28.8 Å². The Bertz CT molecular complexity index is 652. The molecule has 0 fully saturated rings. The van der Waals surface area contributed by atoms with E-state index in [1.807, 2.05) is 6.07 Å². The fourth-order valence-corrected chi connectivity index (χ4v) is 3.49. The minimum atomic E-state index is -0.165. The average Bonchev–Trinajstić information content (AvgIpc) is 2.94. The van der Waals surface area contributed by atoms with Crippen LogP contribution in [-0.4, -0.2) is 6.61 Å². The van der Waals surface area contributed by atoms with Gasteiger partial charge in [-0.15, -0.1) is 0 Å². The average molecular weight is 346 g/mol. The first-order valence-electron chi connectivity index (χ1n) is 7.26. The van der Waals surface area contributed by atoms with Gasteiger partial charge in [0, 0.05) is 27.9 Å². The maximum Gasteiger partial charge on any atom is 0.127 e. The molecule has 0 radical (unpaired) electrons. The predicted molar refractivity (Wildman–Crippen MR) is 89.7 cm³/mol. The van der Waals surface area contributed by atoms with Gasteiger partial charge in [0.05, 0.1) is 6.61 Å². The minimum absolute atomic E-state index is 0.121. The van der Waals surface area contributed by atoms with Crippen molar-refractivity contribution in [1.82, 2.24) is 0 Å². The molecule has 1 aliphatic heterocycles. The van der Waals surface area contributed by atoms with Crippen molar-refractivity contribution in [2.24, 2.45) is 5.73 Å². The molecule has 1 aliphatic rings. The van der Waals surface area contributed by atoms with Crippen LogP contribution >= 0.6 is 15.9 Å². The Morgan fingerprint density at radius 1 is 1.19 bits per heavy atom. The summed E-state index contributed by atoms with van der Waals surface area (Å²) in [5.41, 5.74) is 10.1. The van der Waals surface area contributed by atoms with Gasteiger partial charge in [0.1, 0.15) is 5.75 Å². The Morgan fingerprint density at radius 3 is 2.62 bits per heavy atom. The smallest absolute Gasteiger partial charge is 0.127 e. The molecule has 0 aliphatic carbocycles. The predicted octanol–water partition coefficient (Wildman–Crippen LogP) is 4.36. The normalized spacial score (nSPS) is 15.4. The lowest BCUT2D eigenvalue weighted by atomic mass is 9.75. The molecular formula is C18H20BrNO. The maximum absolute atomic E-state index is 6.65. The molecule has 2 nitrogen and oxygen atoms in total. The van der Waals surface area contributed by atoms with Gasteiger partial charge < -0.3 is 10.5 Å². The van der Waals surface area contributed by atoms with Crippen molar-refractivity contribution in [3.63, 3.8) is 0 Å². The van der Waals surface area contributed by atoms with Gasteiger partial charge in [0.2, 0.25) is 0 Å². The lowest BCUT2D eigenvalue weighted by Gasteiger charge is -2.33. The van der Waals surface area contributed by atoms with Crippen LogP contribution in [0.1, 0.15) is 36.6 Å². The SMILES string of the molecule is CC(C)(c1ccccc1)C(N)c1cc(Br)cc2c1OCC2. The Kier molecular flexibility index (Phi) is 3.80. The van der Waals surface area contributed by atoms with Gasteiger partial charge >= 0.3 is 0 Å². The first-order chi connectivity index (χ1) is 10.00. The summed E-state index contributed by atoms with van der Waals surface area (Å²) in [7, 11) is 0. The van der Waals surface area contributed by atoms with Crippen molar-refractivity contribution in [2.45, 2.75) is 31.7 Å². The van der Waals surface area contributed by atoms with E-state index in [0.29, 0.717) is 0 Å². The first kappa shape index (κ1) is 14.6. The highest BCUT2D eigenvalue weighted by Crippen LogP contribution is 2.42. The number of fused-ring (bicyclic) bond motifs is 1. The van der Waals surface area contributed by atoms with Gasteiger partial charge in [-0.1, -0.05) is 60.1 Å². The molecule has 3 rings (SSSR count). The second kappa shape index (κ2) is 5.47. The van der Waals surface area contributed by atoms with E-state index < -0.39 is 0 Å². The van der Waals surface area contributed by atoms with E-state index in [1.165, 1.54) is 11.1 Å². The van der Waals surface area contributed by atoms with E-state index in [-0.39, 0.29) is 11.5 Å². The summed E-state index contributed by atoms with van der Waals surface area (Å²) in [4.78, 5) is 0. The zero-order valence-corrected chi connectivity index (χ0v) is 14.0. The second-order valence-corrected chi connectivity index (χ2v) is 7.06. The highest BCUT2D eigenvalue weighted by molar-refractivity contribution is 9.10. The number of ether oxygens (including phenoxy) is 1. The molecule has 2 N–H and O–H groups in total. The summed E-state index contributed by atoms with van der Waals surface area (Å²) in [5.74, 6) is 0.981. The largest absolute Gasteiger partial charge is 0.493 e. The summed E-state index contributed by atoms with van der Waals surface area (Å²) in [6.45, 7) is 5.13. The molecular weight excluding hydrogens is 326 g/mol. The number of halogens is 1. The number of hydrogen-bond donors (Lipinski definition) is 1. The number of nitrogens with two attached hydrogens (primary N) is 1. The van der Waals surface area contributed by atoms with Gasteiger partial charge in [-0.25, -0.2) is 0 Å². The Hall–Kier alpha value is -1.32. The van der Waals surface area contributed by atoms with Crippen LogP contribution in [0.4, 0.5) is 0 Å². The van der Waals surface area contributed by atoms with Crippen LogP contribution in [0.2, 0.25) is 0 Å². The third-order valence-electron chi connectivity index (χ3n) is 4.41. The van der Waals surface area contributed by atoms with E-state index in [1.54, 1.807) is 0 Å². The number of benzene rings is 2. The van der Waals surface area contributed by atoms with Gasteiger partial charge in [0.25, 0.3) is 0 Å². The highest BCUT2D eigenvalue weighted by Gasteiger charge is 2.33. The summed E-state index contributed by atoms with van der Waals surface area (Å²) in [5, 5.41) is 0. The molecule has 1 unspecified atom stereocenters. The summed E-state index contributed by atoms with van der Waals surface area (Å²) in [6, 6.07) is 14.5. The van der Waals surface area contributed by atoms with Crippen molar-refractivity contribution in [3.05, 3.63) is 63.6 Å². The van der Waals surface area contributed by atoms with Crippen molar-refractivity contribution < 1.29 is 4.74 Å². The molecule has 2 aromatic rings. The number of hydrogen-bond acceptors (Lipinski definition) is 2. The van der Waals surface area contributed by atoms with Crippen LogP contribution in [-0.2, 0) is 11.8 Å². The van der Waals surface area contributed by atoms with Crippen LogP contribution in [0.5, 0.6) is 5.75 Å². The summed E-state index contributed by atoms with van der Waals surface area (Å²) < 4.78 is 6.91. The monoisotopic (exact) mass is 345 g/mol. The Labute approximate surface area is 134 Å². The highest BCUT2D eigenvalue weighted by atomic mass is 79.9. The van der Waals surface area contributed by atoms with Gasteiger partial charge in [-0.05, 0) is 23.3 Å². The molecule has 0 aromatic heterocycles. The van der Waals surface area contributed by atoms with Crippen molar-refractivity contribution in [2.75, 3.05) is 6.61 Å². The molecule has 0 bridgehead atoms. The van der Waals surface area contributed by atoms with E-state index >= 15 is 0 Å². The molecule has 110 valence electrons. The van der Waals surface area contributed by atoms with Crippen molar-refractivity contribution >= 4 is 15.9 Å². The molecule has 2 aromatic carbocycles. The molecule has 1 atom stereocenters. The van der Waals surface area contributed by atoms with Crippen LogP contribution in [0.3, 0.4) is 0 Å². The quantitative estimate of drug-likeness (QED) is 0.896. The fraction of sp³-hybridized carbons (Fsp3) is 0.333. The van der Waals surface area contributed by atoms with Crippen LogP contribution < -0.4 is 10.5 Å². The molecule has 3 heteroatoms. The summed E-state index contributed by atoms with van der Waals surface area (Å²) >= 11 is 3.60. The maximum atomic E-state index is 6.65. The first-order valence-corrected chi connectivity index (χ1v) is 8.05. The third kappa shape index (κ3) is 2.60.